The van der Waals surface area contributed by atoms with E-state index in [1.165, 1.54) is 6.08 Å². The van der Waals surface area contributed by atoms with E-state index in [1.54, 1.807) is 31.2 Å². The number of rotatable bonds is 4. The van der Waals surface area contributed by atoms with Crippen molar-refractivity contribution in [1.82, 2.24) is 5.32 Å². The summed E-state index contributed by atoms with van der Waals surface area (Å²) in [7, 11) is 0. The Hall–Kier alpha value is -2.74. The number of benzene rings is 1. The molecule has 0 saturated carbocycles. The molecule has 2 amide bonds. The standard InChI is InChI=1S/C14H14N2O3/c1-3-10(2)15-14(19)16-12-6-4-5-11(9-12)7-8-13(17)18/h1,4-10H,2H3,(H,17,18)(H2,15,16,19)/b8-7+. The molecular formula is C14H14N2O3. The van der Waals surface area contributed by atoms with E-state index < -0.39 is 12.0 Å². The van der Waals surface area contributed by atoms with E-state index in [4.69, 9.17) is 11.5 Å². The van der Waals surface area contributed by atoms with Crippen molar-refractivity contribution in [3.05, 3.63) is 35.9 Å². The molecule has 0 aliphatic rings. The fourth-order valence-corrected chi connectivity index (χ4v) is 1.29. The molecule has 0 spiro atoms. The molecule has 1 aromatic carbocycles. The Balaban J connectivity index is 2.70. The third-order valence-corrected chi connectivity index (χ3v) is 2.16. The van der Waals surface area contributed by atoms with Crippen LogP contribution < -0.4 is 10.6 Å². The van der Waals surface area contributed by atoms with E-state index in [1.807, 2.05) is 0 Å². The summed E-state index contributed by atoms with van der Waals surface area (Å²) >= 11 is 0. The highest BCUT2D eigenvalue weighted by Gasteiger charge is 2.04. The summed E-state index contributed by atoms with van der Waals surface area (Å²) in [6.45, 7) is 1.69. The van der Waals surface area contributed by atoms with Gasteiger partial charge in [-0.05, 0) is 30.7 Å². The SMILES string of the molecule is C#CC(C)NC(=O)Nc1cccc(/C=C/C(=O)O)c1. The third-order valence-electron chi connectivity index (χ3n) is 2.16. The number of nitrogens with one attached hydrogen (secondary N) is 2. The van der Waals surface area contributed by atoms with Crippen molar-refractivity contribution in [2.45, 2.75) is 13.0 Å². The molecule has 0 bridgehead atoms. The van der Waals surface area contributed by atoms with E-state index in [0.717, 1.165) is 6.08 Å². The molecule has 0 aliphatic heterocycles. The molecule has 0 radical (unpaired) electrons. The molecule has 1 rings (SSSR count). The maximum absolute atomic E-state index is 11.5. The zero-order valence-electron chi connectivity index (χ0n) is 10.4. The molecule has 1 aromatic rings. The van der Waals surface area contributed by atoms with Crippen LogP contribution in [0.1, 0.15) is 12.5 Å². The van der Waals surface area contributed by atoms with Crippen LogP contribution in [0.3, 0.4) is 0 Å². The predicted octanol–water partition coefficient (Wildman–Crippen LogP) is 1.93. The smallest absolute Gasteiger partial charge is 0.328 e. The van der Waals surface area contributed by atoms with Crippen LogP contribution in [-0.2, 0) is 4.79 Å². The van der Waals surface area contributed by atoms with Gasteiger partial charge in [-0.1, -0.05) is 18.1 Å². The minimum Gasteiger partial charge on any atom is -0.478 e. The number of terminal acetylenes is 1. The van der Waals surface area contributed by atoms with Crippen molar-refractivity contribution in [2.75, 3.05) is 5.32 Å². The second-order valence-electron chi connectivity index (χ2n) is 3.78. The number of carboxylic acid groups (broad SMARTS) is 1. The lowest BCUT2D eigenvalue weighted by molar-refractivity contribution is -0.131. The highest BCUT2D eigenvalue weighted by molar-refractivity contribution is 5.90. The average molecular weight is 258 g/mol. The van der Waals surface area contributed by atoms with Gasteiger partial charge < -0.3 is 15.7 Å². The highest BCUT2D eigenvalue weighted by Crippen LogP contribution is 2.11. The second-order valence-corrected chi connectivity index (χ2v) is 3.78. The van der Waals surface area contributed by atoms with Crippen LogP contribution in [0, 0.1) is 12.3 Å². The van der Waals surface area contributed by atoms with Crippen LogP contribution in [0.4, 0.5) is 10.5 Å². The van der Waals surface area contributed by atoms with E-state index >= 15 is 0 Å². The summed E-state index contributed by atoms with van der Waals surface area (Å²) < 4.78 is 0. The van der Waals surface area contributed by atoms with Gasteiger partial charge in [-0.2, -0.15) is 0 Å². The summed E-state index contributed by atoms with van der Waals surface area (Å²) in [4.78, 5) is 21.9. The van der Waals surface area contributed by atoms with Gasteiger partial charge in [0.25, 0.3) is 0 Å². The Morgan fingerprint density at radius 2 is 2.21 bits per heavy atom. The van der Waals surface area contributed by atoms with E-state index in [0.29, 0.717) is 11.3 Å². The molecule has 5 heteroatoms. The number of carboxylic acids is 1. The van der Waals surface area contributed by atoms with Crippen molar-refractivity contribution in [2.24, 2.45) is 0 Å². The lowest BCUT2D eigenvalue weighted by atomic mass is 10.2. The van der Waals surface area contributed by atoms with Crippen LogP contribution in [0.15, 0.2) is 30.3 Å². The molecule has 19 heavy (non-hydrogen) atoms. The van der Waals surface area contributed by atoms with Crippen LogP contribution >= 0.6 is 0 Å². The number of amides is 2. The number of urea groups is 1. The van der Waals surface area contributed by atoms with Gasteiger partial charge in [0.2, 0.25) is 0 Å². The highest BCUT2D eigenvalue weighted by atomic mass is 16.4. The summed E-state index contributed by atoms with van der Waals surface area (Å²) in [6.07, 6.45) is 7.62. The number of aliphatic carboxylic acids is 1. The maximum Gasteiger partial charge on any atom is 0.328 e. The number of carbonyl (C=O) groups is 2. The number of carbonyl (C=O) groups excluding carboxylic acids is 1. The van der Waals surface area contributed by atoms with Gasteiger partial charge in [-0.3, -0.25) is 0 Å². The third kappa shape index (κ3) is 5.41. The largest absolute Gasteiger partial charge is 0.478 e. The molecule has 0 aliphatic carbocycles. The van der Waals surface area contributed by atoms with E-state index in [9.17, 15) is 9.59 Å². The molecule has 1 atom stereocenters. The zero-order valence-corrected chi connectivity index (χ0v) is 10.4. The van der Waals surface area contributed by atoms with Gasteiger partial charge in [-0.15, -0.1) is 6.42 Å². The minimum atomic E-state index is -1.03. The van der Waals surface area contributed by atoms with Crippen molar-refractivity contribution < 1.29 is 14.7 Å². The number of hydrogen-bond acceptors (Lipinski definition) is 2. The normalized spacial score (nSPS) is 11.6. The lowest BCUT2D eigenvalue weighted by Crippen LogP contribution is -2.35. The quantitative estimate of drug-likeness (QED) is 0.570. The van der Waals surface area contributed by atoms with Gasteiger partial charge >= 0.3 is 12.0 Å². The number of hydrogen-bond donors (Lipinski definition) is 3. The summed E-state index contributed by atoms with van der Waals surface area (Å²) in [5, 5.41) is 13.7. The van der Waals surface area contributed by atoms with Crippen molar-refractivity contribution in [3.8, 4) is 12.3 Å². The molecule has 98 valence electrons. The fraction of sp³-hybridized carbons (Fsp3) is 0.143. The van der Waals surface area contributed by atoms with Crippen LogP contribution in [0.5, 0.6) is 0 Å². The second kappa shape index (κ2) is 6.87. The Morgan fingerprint density at radius 3 is 2.84 bits per heavy atom. The number of anilines is 1. The first-order valence-electron chi connectivity index (χ1n) is 5.56. The summed E-state index contributed by atoms with van der Waals surface area (Å²) in [6, 6.07) is 6.01. The molecule has 0 heterocycles. The first-order valence-corrected chi connectivity index (χ1v) is 5.56. The van der Waals surface area contributed by atoms with Gasteiger partial charge in [0.15, 0.2) is 0 Å². The lowest BCUT2D eigenvalue weighted by Gasteiger charge is -2.09. The van der Waals surface area contributed by atoms with Crippen LogP contribution in [0.25, 0.3) is 6.08 Å². The summed E-state index contributed by atoms with van der Waals surface area (Å²) in [5.41, 5.74) is 1.22. The molecule has 3 N–H and O–H groups in total. The molecule has 5 nitrogen and oxygen atoms in total. The van der Waals surface area contributed by atoms with Crippen molar-refractivity contribution >= 4 is 23.8 Å². The first kappa shape index (κ1) is 14.3. The van der Waals surface area contributed by atoms with E-state index in [-0.39, 0.29) is 6.04 Å². The Kier molecular flexibility index (Phi) is 5.17. The molecule has 1 unspecified atom stereocenters. The van der Waals surface area contributed by atoms with Crippen LogP contribution in [0.2, 0.25) is 0 Å². The van der Waals surface area contributed by atoms with Gasteiger partial charge in [0, 0.05) is 11.8 Å². The topological polar surface area (TPSA) is 78.4 Å². The first-order chi connectivity index (χ1) is 9.01. The molecule has 0 fully saturated rings. The Bertz CT molecular complexity index is 544. The summed E-state index contributed by atoms with van der Waals surface area (Å²) in [5.74, 6) is 1.35. The predicted molar refractivity (Wildman–Crippen MR) is 73.6 cm³/mol. The van der Waals surface area contributed by atoms with E-state index in [2.05, 4.69) is 16.6 Å². The molecule has 0 saturated heterocycles. The van der Waals surface area contributed by atoms with Gasteiger partial charge in [0.05, 0.1) is 6.04 Å². The monoisotopic (exact) mass is 258 g/mol. The minimum absolute atomic E-state index is 0.366. The van der Waals surface area contributed by atoms with Crippen molar-refractivity contribution in [1.29, 1.82) is 0 Å². The fourth-order valence-electron chi connectivity index (χ4n) is 1.29. The van der Waals surface area contributed by atoms with Gasteiger partial charge in [-0.25, -0.2) is 9.59 Å². The Labute approximate surface area is 111 Å². The van der Waals surface area contributed by atoms with Crippen LogP contribution in [-0.4, -0.2) is 23.1 Å². The average Bonchev–Trinajstić information content (AvgIpc) is 2.36. The maximum atomic E-state index is 11.5. The Morgan fingerprint density at radius 1 is 1.47 bits per heavy atom. The van der Waals surface area contributed by atoms with Crippen molar-refractivity contribution in [3.63, 3.8) is 0 Å². The molecule has 0 aromatic heterocycles. The molecular weight excluding hydrogens is 244 g/mol. The zero-order chi connectivity index (χ0) is 14.3. The van der Waals surface area contributed by atoms with Gasteiger partial charge in [0.1, 0.15) is 0 Å².